The number of hydrogen-bond donors (Lipinski definition) is 0. The Morgan fingerprint density at radius 1 is 1.06 bits per heavy atom. The smallest absolute Gasteiger partial charge is 0.257 e. The van der Waals surface area contributed by atoms with Crippen molar-refractivity contribution in [1.82, 2.24) is 4.98 Å². The molecule has 0 fully saturated rings. The largest absolute Gasteiger partial charge is 0.497 e. The normalized spacial score (nSPS) is 10.7. The molecule has 0 saturated carbocycles. The highest BCUT2D eigenvalue weighted by molar-refractivity contribution is 7.22. The van der Waals surface area contributed by atoms with Crippen LogP contribution in [0, 0.1) is 11.3 Å². The number of ether oxygens (including phenoxy) is 3. The molecule has 0 aliphatic rings. The third-order valence-corrected chi connectivity index (χ3v) is 5.93. The van der Waals surface area contributed by atoms with Gasteiger partial charge in [-0.15, -0.1) is 0 Å². The molecular weight excluding hydrogens is 450 g/mol. The number of thiazole rings is 1. The predicted molar refractivity (Wildman–Crippen MR) is 133 cm³/mol. The Morgan fingerprint density at radius 2 is 1.91 bits per heavy atom. The lowest BCUT2D eigenvalue weighted by atomic mass is 10.2. The summed E-state index contributed by atoms with van der Waals surface area (Å²) in [5.41, 5.74) is 2.21. The molecule has 170 valence electrons. The summed E-state index contributed by atoms with van der Waals surface area (Å²) >= 11 is 1.44. The van der Waals surface area contributed by atoms with Crippen molar-refractivity contribution in [2.24, 2.45) is 0 Å². The molecular formula is C26H21N3O4S. The SMILES string of the molecule is COc1cccc(N(C(=O)C=Cc2ccc(OCC#N)c(OC)c2)c2nc3ccccc3s2)c1. The fourth-order valence-electron chi connectivity index (χ4n) is 3.30. The number of aromatic nitrogens is 1. The molecule has 3 aromatic carbocycles. The summed E-state index contributed by atoms with van der Waals surface area (Å²) in [5, 5.41) is 9.29. The molecule has 0 unspecified atom stereocenters. The number of rotatable bonds is 8. The first-order valence-electron chi connectivity index (χ1n) is 10.3. The molecule has 0 aliphatic carbocycles. The monoisotopic (exact) mass is 471 g/mol. The average Bonchev–Trinajstić information content (AvgIpc) is 3.30. The molecule has 0 bridgehead atoms. The zero-order valence-corrected chi connectivity index (χ0v) is 19.4. The van der Waals surface area contributed by atoms with Crippen LogP contribution in [0.5, 0.6) is 17.2 Å². The molecule has 0 aliphatic heterocycles. The molecule has 0 radical (unpaired) electrons. The second-order valence-corrected chi connectivity index (χ2v) is 8.04. The summed E-state index contributed by atoms with van der Waals surface area (Å²) in [6.45, 7) is -0.0816. The van der Waals surface area contributed by atoms with E-state index < -0.39 is 0 Å². The van der Waals surface area contributed by atoms with E-state index in [9.17, 15) is 4.79 Å². The van der Waals surface area contributed by atoms with Crippen LogP contribution in [-0.2, 0) is 4.79 Å². The molecule has 4 aromatic rings. The number of amides is 1. The zero-order chi connectivity index (χ0) is 23.9. The van der Waals surface area contributed by atoms with Crippen LogP contribution in [-0.4, -0.2) is 31.7 Å². The van der Waals surface area contributed by atoms with Gasteiger partial charge in [0.2, 0.25) is 0 Å². The Balaban J connectivity index is 1.68. The second-order valence-electron chi connectivity index (χ2n) is 7.03. The lowest BCUT2D eigenvalue weighted by Gasteiger charge is -2.19. The van der Waals surface area contributed by atoms with Crippen LogP contribution < -0.4 is 19.1 Å². The van der Waals surface area contributed by atoms with E-state index in [1.807, 2.05) is 48.5 Å². The van der Waals surface area contributed by atoms with Crippen molar-refractivity contribution in [1.29, 1.82) is 5.26 Å². The fourth-order valence-corrected chi connectivity index (χ4v) is 4.29. The molecule has 0 spiro atoms. The van der Waals surface area contributed by atoms with Crippen LogP contribution in [0.1, 0.15) is 5.56 Å². The minimum Gasteiger partial charge on any atom is -0.497 e. The maximum atomic E-state index is 13.4. The first kappa shape index (κ1) is 22.8. The average molecular weight is 472 g/mol. The predicted octanol–water partition coefficient (Wildman–Crippen LogP) is 5.59. The Hall–Kier alpha value is -4.35. The highest BCUT2D eigenvalue weighted by Gasteiger charge is 2.20. The van der Waals surface area contributed by atoms with E-state index in [-0.39, 0.29) is 12.5 Å². The molecule has 4 rings (SSSR count). The summed E-state index contributed by atoms with van der Waals surface area (Å²) in [7, 11) is 3.10. The molecule has 0 N–H and O–H groups in total. The van der Waals surface area contributed by atoms with Crippen molar-refractivity contribution in [3.05, 3.63) is 78.4 Å². The number of methoxy groups -OCH3 is 2. The van der Waals surface area contributed by atoms with Crippen molar-refractivity contribution < 1.29 is 19.0 Å². The Bertz CT molecular complexity index is 1360. The summed E-state index contributed by atoms with van der Waals surface area (Å²) in [4.78, 5) is 19.7. The van der Waals surface area contributed by atoms with Gasteiger partial charge >= 0.3 is 0 Å². The topological polar surface area (TPSA) is 84.7 Å². The summed E-state index contributed by atoms with van der Waals surface area (Å²) in [6.07, 6.45) is 3.18. The van der Waals surface area contributed by atoms with Crippen LogP contribution in [0.3, 0.4) is 0 Å². The van der Waals surface area contributed by atoms with Crippen molar-refractivity contribution in [2.75, 3.05) is 25.7 Å². The number of fused-ring (bicyclic) bond motifs is 1. The second kappa shape index (κ2) is 10.5. The fraction of sp³-hybridized carbons (Fsp3) is 0.115. The third-order valence-electron chi connectivity index (χ3n) is 4.90. The quantitative estimate of drug-likeness (QED) is 0.311. The van der Waals surface area contributed by atoms with Crippen LogP contribution >= 0.6 is 11.3 Å². The molecule has 1 aromatic heterocycles. The van der Waals surface area contributed by atoms with Gasteiger partial charge < -0.3 is 14.2 Å². The van der Waals surface area contributed by atoms with Crippen LogP contribution in [0.25, 0.3) is 16.3 Å². The first-order valence-corrected chi connectivity index (χ1v) is 11.1. The number of nitrogens with zero attached hydrogens (tertiary/aromatic N) is 3. The number of benzene rings is 3. The molecule has 7 nitrogen and oxygen atoms in total. The van der Waals surface area contributed by atoms with Gasteiger partial charge in [-0.3, -0.25) is 9.69 Å². The Morgan fingerprint density at radius 3 is 2.68 bits per heavy atom. The Kier molecular flexibility index (Phi) is 7.06. The van der Waals surface area contributed by atoms with Gasteiger partial charge in [0.25, 0.3) is 5.91 Å². The number of nitriles is 1. The van der Waals surface area contributed by atoms with E-state index >= 15 is 0 Å². The van der Waals surface area contributed by atoms with Gasteiger partial charge in [0.15, 0.2) is 23.2 Å². The number of anilines is 2. The van der Waals surface area contributed by atoms with E-state index in [1.54, 1.807) is 42.4 Å². The highest BCUT2D eigenvalue weighted by atomic mass is 32.1. The first-order chi connectivity index (χ1) is 16.6. The van der Waals surface area contributed by atoms with E-state index in [4.69, 9.17) is 19.5 Å². The van der Waals surface area contributed by atoms with Gasteiger partial charge in [-0.25, -0.2) is 4.98 Å². The van der Waals surface area contributed by atoms with Crippen LogP contribution in [0.4, 0.5) is 10.8 Å². The standard InChI is InChI=1S/C26H21N3O4S/c1-31-20-7-5-6-19(17-20)29(26-28-21-8-3-4-9-24(21)34-26)25(30)13-11-18-10-12-22(33-15-14-27)23(16-18)32-2/h3-13,16-17H,15H2,1-2H3. The van der Waals surface area contributed by atoms with Crippen molar-refractivity contribution >= 4 is 44.4 Å². The number of para-hydroxylation sites is 1. The minimum absolute atomic E-state index is 0.0816. The van der Waals surface area contributed by atoms with Crippen molar-refractivity contribution in [3.8, 4) is 23.3 Å². The highest BCUT2D eigenvalue weighted by Crippen LogP contribution is 2.35. The summed E-state index contributed by atoms with van der Waals surface area (Å²) in [6, 6.07) is 22.2. The zero-order valence-electron chi connectivity index (χ0n) is 18.6. The summed E-state index contributed by atoms with van der Waals surface area (Å²) < 4.78 is 17.0. The molecule has 34 heavy (non-hydrogen) atoms. The maximum Gasteiger partial charge on any atom is 0.257 e. The van der Waals surface area contributed by atoms with Crippen LogP contribution in [0.15, 0.2) is 72.8 Å². The summed E-state index contributed by atoms with van der Waals surface area (Å²) in [5.74, 6) is 1.30. The van der Waals surface area contributed by atoms with E-state index in [2.05, 4.69) is 4.98 Å². The number of hydrogen-bond acceptors (Lipinski definition) is 7. The van der Waals surface area contributed by atoms with Gasteiger partial charge in [-0.1, -0.05) is 35.6 Å². The van der Waals surface area contributed by atoms with E-state index in [0.717, 1.165) is 15.8 Å². The molecule has 8 heteroatoms. The minimum atomic E-state index is -0.268. The molecule has 1 amide bonds. The molecule has 0 atom stereocenters. The number of carbonyl (C=O) groups is 1. The van der Waals surface area contributed by atoms with Gasteiger partial charge in [-0.05, 0) is 48.0 Å². The van der Waals surface area contributed by atoms with Gasteiger partial charge in [0.05, 0.1) is 30.1 Å². The lowest BCUT2D eigenvalue weighted by Crippen LogP contribution is -2.23. The van der Waals surface area contributed by atoms with Gasteiger partial charge in [-0.2, -0.15) is 5.26 Å². The maximum absolute atomic E-state index is 13.4. The van der Waals surface area contributed by atoms with Crippen molar-refractivity contribution in [2.45, 2.75) is 0 Å². The van der Waals surface area contributed by atoms with E-state index in [0.29, 0.717) is 28.1 Å². The van der Waals surface area contributed by atoms with E-state index in [1.165, 1.54) is 24.5 Å². The lowest BCUT2D eigenvalue weighted by molar-refractivity contribution is -0.113. The third kappa shape index (κ3) is 5.00. The van der Waals surface area contributed by atoms with Crippen LogP contribution in [0.2, 0.25) is 0 Å². The number of carbonyl (C=O) groups excluding carboxylic acids is 1. The van der Waals surface area contributed by atoms with Gasteiger partial charge in [0.1, 0.15) is 11.8 Å². The molecule has 0 saturated heterocycles. The molecule has 1 heterocycles. The van der Waals surface area contributed by atoms with Crippen molar-refractivity contribution in [3.63, 3.8) is 0 Å². The Labute approximate surface area is 201 Å². The van der Waals surface area contributed by atoms with Gasteiger partial charge in [0, 0.05) is 12.1 Å².